The summed E-state index contributed by atoms with van der Waals surface area (Å²) in [6, 6.07) is 0. The second-order valence-corrected chi connectivity index (χ2v) is 26.7. The number of hydrogen-bond acceptors (Lipinski definition) is 8. The molecule has 0 unspecified atom stereocenters. The maximum atomic E-state index is 5.79. The zero-order valence-corrected chi connectivity index (χ0v) is 17.9. The standard InChI is InChI=1S/C8H26O8Si4/c1-9-17-19(13-5,14-6)20(15-7,16-8)18(10-2,11-3)12-4/h17H2,1-8H3. The van der Waals surface area contributed by atoms with E-state index in [1.807, 2.05) is 0 Å². The van der Waals surface area contributed by atoms with Crippen molar-refractivity contribution in [1.29, 1.82) is 0 Å². The fourth-order valence-electron chi connectivity index (χ4n) is 2.29. The highest BCUT2D eigenvalue weighted by Crippen LogP contribution is 2.32. The molecule has 0 bridgehead atoms. The summed E-state index contributed by atoms with van der Waals surface area (Å²) in [4.78, 5) is 0. The van der Waals surface area contributed by atoms with Crippen LogP contribution in [0.1, 0.15) is 0 Å². The van der Waals surface area contributed by atoms with E-state index in [-0.39, 0.29) is 0 Å². The highest BCUT2D eigenvalue weighted by Gasteiger charge is 2.81. The lowest BCUT2D eigenvalue weighted by Gasteiger charge is -2.45. The Hall–Kier alpha value is 0.548. The molecule has 0 aromatic heterocycles. The molecule has 12 heteroatoms. The van der Waals surface area contributed by atoms with Crippen molar-refractivity contribution in [3.05, 3.63) is 0 Å². The molecule has 0 aliphatic rings. The van der Waals surface area contributed by atoms with Gasteiger partial charge in [0.1, 0.15) is 0 Å². The average molecular weight is 363 g/mol. The van der Waals surface area contributed by atoms with Crippen LogP contribution in [-0.2, 0) is 35.4 Å². The second-order valence-electron chi connectivity index (χ2n) is 3.79. The maximum absolute atomic E-state index is 5.79. The van der Waals surface area contributed by atoms with Crippen LogP contribution in [0.2, 0.25) is 0 Å². The Morgan fingerprint density at radius 1 is 0.550 bits per heavy atom. The van der Waals surface area contributed by atoms with Gasteiger partial charge in [-0.25, -0.2) is 0 Å². The van der Waals surface area contributed by atoms with E-state index in [0.717, 1.165) is 0 Å². The summed E-state index contributed by atoms with van der Waals surface area (Å²) < 4.78 is 45.3. The minimum Gasteiger partial charge on any atom is -0.425 e. The maximum Gasteiger partial charge on any atom is 0.540 e. The Morgan fingerprint density at radius 3 is 1.15 bits per heavy atom. The van der Waals surface area contributed by atoms with Gasteiger partial charge in [0.05, 0.1) is 0 Å². The molecule has 0 fully saturated rings. The van der Waals surface area contributed by atoms with Crippen molar-refractivity contribution in [2.24, 2.45) is 0 Å². The number of rotatable bonds is 11. The molecule has 0 saturated carbocycles. The van der Waals surface area contributed by atoms with Crippen LogP contribution in [0.3, 0.4) is 0 Å². The fraction of sp³-hybridized carbons (Fsp3) is 1.00. The highest BCUT2D eigenvalue weighted by molar-refractivity contribution is 7.69. The first kappa shape index (κ1) is 20.5. The molecular formula is C8H26O8Si4. The molecule has 0 aromatic rings. The van der Waals surface area contributed by atoms with E-state index in [2.05, 4.69) is 0 Å². The van der Waals surface area contributed by atoms with Crippen molar-refractivity contribution >= 4 is 32.8 Å². The largest absolute Gasteiger partial charge is 0.540 e. The van der Waals surface area contributed by atoms with Crippen LogP contribution in [0.15, 0.2) is 0 Å². The SMILES string of the molecule is CO[SiH2][Si](OC)(OC)[Si](OC)(OC)[Si](OC)(OC)OC. The summed E-state index contributed by atoms with van der Waals surface area (Å²) in [5.74, 6) is 0. The smallest absolute Gasteiger partial charge is 0.425 e. The molecule has 20 heavy (non-hydrogen) atoms. The monoisotopic (exact) mass is 362 g/mol. The molecule has 122 valence electrons. The zero-order valence-electron chi connectivity index (χ0n) is 13.5. The molecule has 0 atom stereocenters. The van der Waals surface area contributed by atoms with E-state index in [1.165, 1.54) is 21.3 Å². The molecule has 0 radical (unpaired) electrons. The van der Waals surface area contributed by atoms with Gasteiger partial charge in [0.15, 0.2) is 0 Å². The molecule has 0 spiro atoms. The predicted octanol–water partition coefficient (Wildman–Crippen LogP) is -1.28. The molecule has 0 heterocycles. The van der Waals surface area contributed by atoms with E-state index in [9.17, 15) is 0 Å². The van der Waals surface area contributed by atoms with Crippen molar-refractivity contribution in [3.8, 4) is 0 Å². The lowest BCUT2D eigenvalue weighted by atomic mass is 11.8. The summed E-state index contributed by atoms with van der Waals surface area (Å²) >= 11 is 0. The number of hydrogen-bond donors (Lipinski definition) is 0. The molecule has 0 amide bonds. The Kier molecular flexibility index (Phi) is 9.10. The van der Waals surface area contributed by atoms with E-state index in [4.69, 9.17) is 35.4 Å². The third-order valence-corrected chi connectivity index (χ3v) is 39.4. The zero-order chi connectivity index (χ0) is 15.9. The van der Waals surface area contributed by atoms with Gasteiger partial charge in [-0.2, -0.15) is 0 Å². The van der Waals surface area contributed by atoms with Crippen LogP contribution in [0, 0.1) is 0 Å². The summed E-state index contributed by atoms with van der Waals surface area (Å²) in [6.45, 7) is 0. The second kappa shape index (κ2) is 8.86. The lowest BCUT2D eigenvalue weighted by Crippen LogP contribution is -2.86. The molecule has 8 nitrogen and oxygen atoms in total. The van der Waals surface area contributed by atoms with Crippen molar-refractivity contribution in [2.75, 3.05) is 56.9 Å². The van der Waals surface area contributed by atoms with Crippen LogP contribution >= 0.6 is 0 Å². The molecule has 0 aliphatic carbocycles. The summed E-state index contributed by atoms with van der Waals surface area (Å²) in [7, 11) is 1.78. The first-order valence-corrected chi connectivity index (χ1v) is 16.1. The van der Waals surface area contributed by atoms with Crippen molar-refractivity contribution < 1.29 is 35.4 Å². The molecule has 0 saturated heterocycles. The summed E-state index contributed by atoms with van der Waals surface area (Å²) in [5, 5.41) is 0. The van der Waals surface area contributed by atoms with Gasteiger partial charge in [-0.3, -0.25) is 0 Å². The van der Waals surface area contributed by atoms with Gasteiger partial charge < -0.3 is 35.4 Å². The van der Waals surface area contributed by atoms with E-state index < -0.39 is 32.8 Å². The van der Waals surface area contributed by atoms with Gasteiger partial charge in [0, 0.05) is 56.9 Å². The van der Waals surface area contributed by atoms with E-state index in [1.54, 1.807) is 35.5 Å². The van der Waals surface area contributed by atoms with Crippen molar-refractivity contribution in [1.82, 2.24) is 0 Å². The van der Waals surface area contributed by atoms with Crippen LogP contribution < -0.4 is 0 Å². The van der Waals surface area contributed by atoms with Crippen LogP contribution in [0.5, 0.6) is 0 Å². The lowest BCUT2D eigenvalue weighted by molar-refractivity contribution is 0.115. The topological polar surface area (TPSA) is 73.8 Å². The van der Waals surface area contributed by atoms with E-state index >= 15 is 0 Å². The van der Waals surface area contributed by atoms with Gasteiger partial charge in [0.25, 0.3) is 0 Å². The normalized spacial score (nSPS) is 14.4. The van der Waals surface area contributed by atoms with Gasteiger partial charge >= 0.3 is 23.5 Å². The average Bonchev–Trinajstić information content (AvgIpc) is 2.51. The van der Waals surface area contributed by atoms with Crippen LogP contribution in [0.4, 0.5) is 0 Å². The minimum atomic E-state index is -3.25. The Balaban J connectivity index is 6.13. The van der Waals surface area contributed by atoms with E-state index in [0.29, 0.717) is 0 Å². The predicted molar refractivity (Wildman–Crippen MR) is 81.9 cm³/mol. The molecule has 0 aromatic carbocycles. The summed E-state index contributed by atoms with van der Waals surface area (Å²) in [5.41, 5.74) is 0. The van der Waals surface area contributed by atoms with Crippen LogP contribution in [0.25, 0.3) is 0 Å². The molecule has 0 N–H and O–H groups in total. The first-order chi connectivity index (χ1) is 9.49. The van der Waals surface area contributed by atoms with Crippen LogP contribution in [-0.4, -0.2) is 89.7 Å². The van der Waals surface area contributed by atoms with Gasteiger partial charge in [-0.05, 0) is 0 Å². The minimum absolute atomic E-state index is 1.20. The quantitative estimate of drug-likeness (QED) is 0.421. The van der Waals surface area contributed by atoms with Gasteiger partial charge in [-0.1, -0.05) is 0 Å². The van der Waals surface area contributed by atoms with Gasteiger partial charge in [-0.15, -0.1) is 0 Å². The third-order valence-electron chi connectivity index (χ3n) is 3.28. The van der Waals surface area contributed by atoms with Crippen molar-refractivity contribution in [2.45, 2.75) is 0 Å². The fourth-order valence-corrected chi connectivity index (χ4v) is 40.3. The highest BCUT2D eigenvalue weighted by atomic mass is 29.9. The third kappa shape index (κ3) is 3.01. The Morgan fingerprint density at radius 2 is 0.950 bits per heavy atom. The first-order valence-electron chi connectivity index (χ1n) is 5.84. The Labute approximate surface area is 125 Å². The molecule has 0 aliphatic heterocycles. The summed E-state index contributed by atoms with van der Waals surface area (Å²) in [6.07, 6.45) is 0. The van der Waals surface area contributed by atoms with Gasteiger partial charge in [0.2, 0.25) is 9.28 Å². The Bertz CT molecular complexity index is 261. The molecular weight excluding hydrogens is 336 g/mol. The molecule has 0 rings (SSSR count). The van der Waals surface area contributed by atoms with Crippen molar-refractivity contribution in [3.63, 3.8) is 0 Å².